The van der Waals surface area contributed by atoms with Crippen LogP contribution in [0.25, 0.3) is 0 Å². The van der Waals surface area contributed by atoms with Gasteiger partial charge in [-0.25, -0.2) is 4.79 Å². The molecule has 0 unspecified atom stereocenters. The smallest absolute Gasteiger partial charge is 0.410 e. The lowest BCUT2D eigenvalue weighted by atomic mass is 10.1. The number of carbonyl (C=O) groups is 1. The summed E-state index contributed by atoms with van der Waals surface area (Å²) in [7, 11) is 1.73. The molecule has 1 amide bonds. The molecule has 0 radical (unpaired) electrons. The summed E-state index contributed by atoms with van der Waals surface area (Å²) in [5.41, 5.74) is -0.466. The van der Waals surface area contributed by atoms with Gasteiger partial charge in [-0.2, -0.15) is 0 Å². The molecule has 0 bridgehead atoms. The van der Waals surface area contributed by atoms with E-state index in [-0.39, 0.29) is 30.1 Å². The van der Waals surface area contributed by atoms with E-state index in [9.17, 15) is 4.79 Å². The Hall–Kier alpha value is -0.730. The number of amides is 1. The molecule has 0 spiro atoms. The Bertz CT molecular complexity index is 354. The van der Waals surface area contributed by atoms with Crippen LogP contribution < -0.4 is 10.6 Å². The number of hydrogen-bond acceptors (Lipinski definition) is 3. The number of rotatable bonds is 7. The number of nitrogens with one attached hydrogen (secondary N) is 2. The van der Waals surface area contributed by atoms with E-state index in [1.54, 1.807) is 11.9 Å². The van der Waals surface area contributed by atoms with E-state index in [1.165, 1.54) is 0 Å². The first-order valence-electron chi connectivity index (χ1n) is 8.12. The molecule has 0 fully saturated rings. The Morgan fingerprint density at radius 2 is 1.87 bits per heavy atom. The molecule has 0 aromatic rings. The molecule has 0 rings (SSSR count). The van der Waals surface area contributed by atoms with Gasteiger partial charge in [0.2, 0.25) is 0 Å². The molecule has 0 atom stereocenters. The summed E-state index contributed by atoms with van der Waals surface area (Å²) < 4.78 is 5.31. The highest BCUT2D eigenvalue weighted by atomic mass is 127. The highest BCUT2D eigenvalue weighted by Gasteiger charge is 2.19. The van der Waals surface area contributed by atoms with Crippen molar-refractivity contribution in [3.05, 3.63) is 0 Å². The molecule has 0 aromatic heterocycles. The van der Waals surface area contributed by atoms with Crippen molar-refractivity contribution < 1.29 is 9.53 Å². The number of carbonyl (C=O) groups excluding carboxylic acids is 1. The van der Waals surface area contributed by atoms with Gasteiger partial charge < -0.3 is 20.3 Å². The Morgan fingerprint density at radius 1 is 1.26 bits per heavy atom. The average molecular weight is 442 g/mol. The van der Waals surface area contributed by atoms with Crippen LogP contribution in [0, 0.1) is 5.92 Å². The Morgan fingerprint density at radius 3 is 2.35 bits per heavy atom. The zero-order valence-corrected chi connectivity index (χ0v) is 18.1. The van der Waals surface area contributed by atoms with Crippen molar-refractivity contribution in [3.63, 3.8) is 0 Å². The van der Waals surface area contributed by atoms with Gasteiger partial charge in [0, 0.05) is 33.2 Å². The van der Waals surface area contributed by atoms with Gasteiger partial charge in [-0.15, -0.1) is 24.0 Å². The van der Waals surface area contributed by atoms with Crippen LogP contribution >= 0.6 is 24.0 Å². The maximum atomic E-state index is 11.8. The van der Waals surface area contributed by atoms with Crippen LogP contribution in [0.4, 0.5) is 4.79 Å². The lowest BCUT2D eigenvalue weighted by Gasteiger charge is -2.24. The second-order valence-corrected chi connectivity index (χ2v) is 6.77. The third kappa shape index (κ3) is 14.6. The minimum atomic E-state index is -0.466. The monoisotopic (exact) mass is 442 g/mol. The van der Waals surface area contributed by atoms with Crippen molar-refractivity contribution in [1.29, 1.82) is 0 Å². The molecule has 0 aromatic carbocycles. The molecule has 0 aliphatic rings. The Labute approximate surface area is 158 Å². The summed E-state index contributed by atoms with van der Waals surface area (Å²) in [6, 6.07) is 0. The van der Waals surface area contributed by atoms with Crippen molar-refractivity contribution in [2.24, 2.45) is 10.9 Å². The first-order valence-corrected chi connectivity index (χ1v) is 8.12. The minimum Gasteiger partial charge on any atom is -0.444 e. The average Bonchev–Trinajstić information content (AvgIpc) is 2.36. The molecule has 2 N–H and O–H groups in total. The quantitative estimate of drug-likeness (QED) is 0.361. The number of nitrogens with zero attached hydrogens (tertiary/aromatic N) is 2. The van der Waals surface area contributed by atoms with E-state index in [0.717, 1.165) is 25.5 Å². The van der Waals surface area contributed by atoms with E-state index in [2.05, 4.69) is 29.5 Å². The van der Waals surface area contributed by atoms with Gasteiger partial charge in [0.1, 0.15) is 5.60 Å². The zero-order valence-electron chi connectivity index (χ0n) is 15.7. The molecule has 6 nitrogen and oxygen atoms in total. The normalized spacial score (nSPS) is 11.7. The van der Waals surface area contributed by atoms with Gasteiger partial charge in [0.15, 0.2) is 5.96 Å². The molecule has 23 heavy (non-hydrogen) atoms. The second-order valence-electron chi connectivity index (χ2n) is 6.77. The third-order valence-corrected chi connectivity index (χ3v) is 2.77. The lowest BCUT2D eigenvalue weighted by molar-refractivity contribution is 0.0302. The highest BCUT2D eigenvalue weighted by molar-refractivity contribution is 14.0. The van der Waals surface area contributed by atoms with Gasteiger partial charge in [0.25, 0.3) is 0 Å². The largest absolute Gasteiger partial charge is 0.444 e. The fourth-order valence-corrected chi connectivity index (χ4v) is 1.55. The Balaban J connectivity index is 0. The fourth-order valence-electron chi connectivity index (χ4n) is 1.55. The van der Waals surface area contributed by atoms with Gasteiger partial charge >= 0.3 is 6.09 Å². The summed E-state index contributed by atoms with van der Waals surface area (Å²) in [5.74, 6) is 1.44. The van der Waals surface area contributed by atoms with Gasteiger partial charge in [-0.3, -0.25) is 4.99 Å². The summed E-state index contributed by atoms with van der Waals surface area (Å²) in [6.07, 6.45) is 0.755. The van der Waals surface area contributed by atoms with Crippen molar-refractivity contribution in [2.45, 2.75) is 53.6 Å². The van der Waals surface area contributed by atoms with Crippen LogP contribution in [0.15, 0.2) is 4.99 Å². The molecule has 7 heteroatoms. The topological polar surface area (TPSA) is 66.0 Å². The van der Waals surface area contributed by atoms with E-state index in [0.29, 0.717) is 19.0 Å². The summed E-state index contributed by atoms with van der Waals surface area (Å²) >= 11 is 0. The standard InChI is InChI=1S/C16H34N4O2.HI/c1-8-17-14(18-10-9-13(2)3)19-11-12-20(7)15(21)22-16(4,5)6;/h13H,8-12H2,1-7H3,(H2,17,18,19);1H. The van der Waals surface area contributed by atoms with E-state index in [4.69, 9.17) is 4.74 Å². The lowest BCUT2D eigenvalue weighted by Crippen LogP contribution is -2.43. The molecule has 0 aliphatic heterocycles. The number of halogens is 1. The van der Waals surface area contributed by atoms with Crippen molar-refractivity contribution in [1.82, 2.24) is 15.5 Å². The summed E-state index contributed by atoms with van der Waals surface area (Å²) in [4.78, 5) is 17.9. The first-order chi connectivity index (χ1) is 10.2. The minimum absolute atomic E-state index is 0. The highest BCUT2D eigenvalue weighted by Crippen LogP contribution is 2.08. The van der Waals surface area contributed by atoms with Crippen molar-refractivity contribution in [2.75, 3.05) is 33.2 Å². The zero-order chi connectivity index (χ0) is 17.2. The molecular formula is C16H35IN4O2. The van der Waals surface area contributed by atoms with Crippen LogP contribution in [-0.2, 0) is 4.74 Å². The molecule has 0 saturated carbocycles. The predicted octanol–water partition coefficient (Wildman–Crippen LogP) is 3.07. The van der Waals surface area contributed by atoms with Crippen LogP contribution in [0.1, 0.15) is 48.0 Å². The summed E-state index contributed by atoms with van der Waals surface area (Å²) in [6.45, 7) is 14.8. The summed E-state index contributed by atoms with van der Waals surface area (Å²) in [5, 5.41) is 6.43. The Kier molecular flexibility index (Phi) is 13.5. The van der Waals surface area contributed by atoms with Crippen LogP contribution in [0.5, 0.6) is 0 Å². The van der Waals surface area contributed by atoms with Crippen LogP contribution in [0.2, 0.25) is 0 Å². The number of guanidine groups is 1. The molecule has 0 saturated heterocycles. The van der Waals surface area contributed by atoms with Crippen molar-refractivity contribution in [3.8, 4) is 0 Å². The SMILES string of the molecule is CCNC(=NCCC(C)C)NCCN(C)C(=O)OC(C)(C)C.I. The number of likely N-dealkylation sites (N-methyl/N-ethyl adjacent to an activating group) is 1. The third-order valence-electron chi connectivity index (χ3n) is 2.77. The van der Waals surface area contributed by atoms with Crippen LogP contribution in [0.3, 0.4) is 0 Å². The molecule has 138 valence electrons. The first kappa shape index (κ1) is 24.5. The maximum Gasteiger partial charge on any atom is 0.410 e. The van der Waals surface area contributed by atoms with Gasteiger partial charge in [-0.1, -0.05) is 13.8 Å². The number of aliphatic imine (C=N–C) groups is 1. The maximum absolute atomic E-state index is 11.8. The van der Waals surface area contributed by atoms with Crippen LogP contribution in [-0.4, -0.2) is 55.8 Å². The van der Waals surface area contributed by atoms with Crippen molar-refractivity contribution >= 4 is 36.0 Å². The van der Waals surface area contributed by atoms with E-state index in [1.807, 2.05) is 27.7 Å². The number of hydrogen-bond donors (Lipinski definition) is 2. The molecular weight excluding hydrogens is 407 g/mol. The molecule has 0 aliphatic carbocycles. The van der Waals surface area contributed by atoms with Gasteiger partial charge in [-0.05, 0) is 40.0 Å². The molecule has 0 heterocycles. The van der Waals surface area contributed by atoms with E-state index < -0.39 is 5.60 Å². The second kappa shape index (κ2) is 12.7. The number of ether oxygens (including phenoxy) is 1. The predicted molar refractivity (Wildman–Crippen MR) is 108 cm³/mol. The van der Waals surface area contributed by atoms with E-state index >= 15 is 0 Å². The fraction of sp³-hybridized carbons (Fsp3) is 0.875. The van der Waals surface area contributed by atoms with Gasteiger partial charge in [0.05, 0.1) is 0 Å².